The number of halogens is 2. The van der Waals surface area contributed by atoms with E-state index in [2.05, 4.69) is 4.98 Å². The van der Waals surface area contributed by atoms with Crippen LogP contribution in [0.3, 0.4) is 0 Å². The molecule has 0 spiro atoms. The van der Waals surface area contributed by atoms with Gasteiger partial charge in [-0.15, -0.1) is 0 Å². The van der Waals surface area contributed by atoms with E-state index in [1.54, 1.807) is 12.3 Å². The molecule has 1 heterocycles. The third kappa shape index (κ3) is 6.15. The molecule has 0 saturated heterocycles. The fraction of sp³-hybridized carbons (Fsp3) is 0. The van der Waals surface area contributed by atoms with Crippen molar-refractivity contribution in [3.8, 4) is 0 Å². The molecule has 2 N–H and O–H groups in total. The first kappa shape index (κ1) is 10.0. The van der Waals surface area contributed by atoms with Gasteiger partial charge in [0.25, 0.3) is 0 Å². The van der Waals surface area contributed by atoms with Crippen LogP contribution >= 0.6 is 20.4 Å². The molecule has 0 atom stereocenters. The van der Waals surface area contributed by atoms with Crippen molar-refractivity contribution < 1.29 is 12.7 Å². The number of hydrogen-bond acceptors (Lipinski definition) is 2. The predicted octanol–water partition coefficient (Wildman–Crippen LogP) is 2.04. The molecule has 1 rings (SSSR count). The summed E-state index contributed by atoms with van der Waals surface area (Å²) in [7, 11) is 9.40. The topological polar surface area (TPSA) is 38.9 Å². The minimum atomic E-state index is 0.569. The fourth-order valence-electron chi connectivity index (χ4n) is 0.376. The molecule has 10 heavy (non-hydrogen) atoms. The Labute approximate surface area is 74.1 Å². The molecule has 1 aromatic heterocycles. The number of nitrogens with zero attached hydrogens (tertiary/aromatic N) is 1. The molecule has 0 aliphatic rings. The summed E-state index contributed by atoms with van der Waals surface area (Å²) in [5, 5.41) is 0. The Bertz CT molecular complexity index is 159. The second-order valence-electron chi connectivity index (χ2n) is 1.30. The Morgan fingerprint density at radius 3 is 2.20 bits per heavy atom. The van der Waals surface area contributed by atoms with Crippen LogP contribution in [0.4, 0.5) is 5.82 Å². The maximum atomic E-state index is 5.25. The van der Waals surface area contributed by atoms with Crippen molar-refractivity contribution in [1.82, 2.24) is 4.98 Å². The minimum absolute atomic E-state index is 0.569. The van der Waals surface area contributed by atoms with Gasteiger partial charge in [-0.3, -0.25) is 0 Å². The number of anilines is 1. The van der Waals surface area contributed by atoms with Crippen LogP contribution in [-0.2, 0) is 12.7 Å². The van der Waals surface area contributed by atoms with E-state index in [9.17, 15) is 0 Å². The Morgan fingerprint density at radius 1 is 1.40 bits per heavy atom. The van der Waals surface area contributed by atoms with E-state index >= 15 is 0 Å². The summed E-state index contributed by atoms with van der Waals surface area (Å²) in [4.78, 5) is 3.76. The molecule has 0 saturated carbocycles. The van der Waals surface area contributed by atoms with Gasteiger partial charge in [0.1, 0.15) is 5.82 Å². The van der Waals surface area contributed by atoms with Crippen LogP contribution in [0.5, 0.6) is 0 Å². The SMILES string of the molecule is Nc1ccccn1.[Cl][Ni][Cl]. The van der Waals surface area contributed by atoms with Crippen molar-refractivity contribution >= 4 is 26.2 Å². The summed E-state index contributed by atoms with van der Waals surface area (Å²) in [6, 6.07) is 5.43. The average Bonchev–Trinajstić information content (AvgIpc) is 1.91. The summed E-state index contributed by atoms with van der Waals surface area (Å²) in [6.45, 7) is 0. The van der Waals surface area contributed by atoms with Crippen LogP contribution in [-0.4, -0.2) is 4.98 Å². The summed E-state index contributed by atoms with van der Waals surface area (Å²) >= 11 is 0.569. The van der Waals surface area contributed by atoms with Crippen molar-refractivity contribution in [1.29, 1.82) is 0 Å². The van der Waals surface area contributed by atoms with Gasteiger partial charge in [-0.25, -0.2) is 4.98 Å². The maximum absolute atomic E-state index is 5.25. The zero-order valence-corrected chi connectivity index (χ0v) is 7.41. The first-order valence-corrected chi connectivity index (χ1v) is 5.02. The fourth-order valence-corrected chi connectivity index (χ4v) is 0.376. The number of hydrogen-bond donors (Lipinski definition) is 1. The summed E-state index contributed by atoms with van der Waals surface area (Å²) in [6.07, 6.45) is 1.66. The van der Waals surface area contributed by atoms with Gasteiger partial charge in [-0.1, -0.05) is 6.07 Å². The number of aromatic nitrogens is 1. The standard InChI is InChI=1S/C5H6N2.2ClH.Ni/c6-5-3-1-2-4-7-5;;;/h1-4H,(H2,6,7);2*1H;/q;;;+2/p-2. The molecule has 0 aromatic carbocycles. The summed E-state index contributed by atoms with van der Waals surface area (Å²) < 4.78 is 0. The summed E-state index contributed by atoms with van der Waals surface area (Å²) in [5.41, 5.74) is 5.25. The van der Waals surface area contributed by atoms with E-state index < -0.39 is 0 Å². The molecule has 0 radical (unpaired) electrons. The van der Waals surface area contributed by atoms with Crippen LogP contribution in [0.2, 0.25) is 0 Å². The van der Waals surface area contributed by atoms with Crippen LogP contribution in [0, 0.1) is 0 Å². The predicted molar refractivity (Wildman–Crippen MR) is 40.4 cm³/mol. The van der Waals surface area contributed by atoms with E-state index in [-0.39, 0.29) is 0 Å². The molecule has 0 unspecified atom stereocenters. The zero-order valence-electron chi connectivity index (χ0n) is 4.91. The Hall–Kier alpha value is 0.0235. The van der Waals surface area contributed by atoms with Crippen LogP contribution in [0.25, 0.3) is 0 Å². The molecule has 60 valence electrons. The molecule has 0 bridgehead atoms. The van der Waals surface area contributed by atoms with Crippen molar-refractivity contribution in [3.05, 3.63) is 24.4 Å². The molecule has 0 aliphatic carbocycles. The molecule has 0 fully saturated rings. The van der Waals surface area contributed by atoms with E-state index in [4.69, 9.17) is 26.1 Å². The first-order chi connectivity index (χ1) is 4.81. The van der Waals surface area contributed by atoms with Crippen LogP contribution in [0.15, 0.2) is 24.4 Å². The normalized spacial score (nSPS) is 8.20. The molecule has 0 amide bonds. The van der Waals surface area contributed by atoms with Gasteiger partial charge in [0.2, 0.25) is 0 Å². The van der Waals surface area contributed by atoms with Crippen molar-refractivity contribution in [2.45, 2.75) is 0 Å². The molecular formula is C5H6Cl2N2Ni. The van der Waals surface area contributed by atoms with Gasteiger partial charge in [0.15, 0.2) is 0 Å². The third-order valence-corrected chi connectivity index (χ3v) is 0.688. The van der Waals surface area contributed by atoms with Crippen LogP contribution in [0.1, 0.15) is 0 Å². The van der Waals surface area contributed by atoms with Gasteiger partial charge >= 0.3 is 33.0 Å². The van der Waals surface area contributed by atoms with E-state index in [1.807, 2.05) is 12.1 Å². The summed E-state index contributed by atoms with van der Waals surface area (Å²) in [5.74, 6) is 0.572. The second-order valence-corrected chi connectivity index (χ2v) is 2.93. The number of pyridine rings is 1. The monoisotopic (exact) mass is 222 g/mol. The molecule has 2 nitrogen and oxygen atoms in total. The van der Waals surface area contributed by atoms with Gasteiger partial charge in [0.05, 0.1) is 0 Å². The van der Waals surface area contributed by atoms with Gasteiger partial charge in [-0.05, 0) is 12.1 Å². The van der Waals surface area contributed by atoms with E-state index in [0.29, 0.717) is 18.5 Å². The molecule has 0 aliphatic heterocycles. The number of nitrogen functional groups attached to an aromatic ring is 1. The first-order valence-electron chi connectivity index (χ1n) is 2.30. The Morgan fingerprint density at radius 2 is 2.00 bits per heavy atom. The molecule has 1 aromatic rings. The second kappa shape index (κ2) is 7.13. The Kier molecular flexibility index (Phi) is 7.15. The molecular weight excluding hydrogens is 218 g/mol. The average molecular weight is 224 g/mol. The van der Waals surface area contributed by atoms with Crippen molar-refractivity contribution in [2.75, 3.05) is 5.73 Å². The number of nitrogens with two attached hydrogens (primary N) is 1. The van der Waals surface area contributed by atoms with Gasteiger partial charge in [0, 0.05) is 6.20 Å². The Balaban J connectivity index is 0.000000236. The van der Waals surface area contributed by atoms with E-state index in [0.717, 1.165) is 0 Å². The number of rotatable bonds is 0. The van der Waals surface area contributed by atoms with Crippen molar-refractivity contribution in [3.63, 3.8) is 0 Å². The zero-order chi connectivity index (χ0) is 7.82. The van der Waals surface area contributed by atoms with Crippen molar-refractivity contribution in [2.24, 2.45) is 0 Å². The van der Waals surface area contributed by atoms with Gasteiger partial charge < -0.3 is 5.73 Å². The van der Waals surface area contributed by atoms with Gasteiger partial charge in [-0.2, -0.15) is 0 Å². The van der Waals surface area contributed by atoms with E-state index in [1.165, 1.54) is 0 Å². The quantitative estimate of drug-likeness (QED) is 0.684. The van der Waals surface area contributed by atoms with Crippen LogP contribution < -0.4 is 5.73 Å². The molecule has 5 heteroatoms. The third-order valence-electron chi connectivity index (χ3n) is 0.688.